The van der Waals surface area contributed by atoms with Gasteiger partial charge in [-0.3, -0.25) is 14.8 Å². The van der Waals surface area contributed by atoms with Crippen LogP contribution >= 0.6 is 0 Å². The Hall–Kier alpha value is -3.53. The van der Waals surface area contributed by atoms with Gasteiger partial charge in [0.15, 0.2) is 0 Å². The number of alkyl halides is 3. The summed E-state index contributed by atoms with van der Waals surface area (Å²) in [5.41, 5.74) is 0.936. The summed E-state index contributed by atoms with van der Waals surface area (Å²) in [6.07, 6.45) is -2.85. The number of hydrazine groups is 1. The first-order valence-corrected chi connectivity index (χ1v) is 10.0. The summed E-state index contributed by atoms with van der Waals surface area (Å²) in [6.45, 7) is 1.11. The fraction of sp³-hybridized carbons (Fsp3) is 0.250. The number of anilines is 1. The minimum Gasteiger partial charge on any atom is -0.282 e. The van der Waals surface area contributed by atoms with E-state index in [0.29, 0.717) is 24.2 Å². The Labute approximate surface area is 178 Å². The Morgan fingerprint density at radius 3 is 2.45 bits per heavy atom. The second-order valence-electron chi connectivity index (χ2n) is 7.51. The molecular formula is C24H20F3N3O. The fourth-order valence-corrected chi connectivity index (χ4v) is 4.00. The molecule has 0 atom stereocenters. The summed E-state index contributed by atoms with van der Waals surface area (Å²) >= 11 is 0. The predicted octanol–water partition coefficient (Wildman–Crippen LogP) is 5.32. The average Bonchev–Trinajstić information content (AvgIpc) is 2.78. The van der Waals surface area contributed by atoms with E-state index in [4.69, 9.17) is 0 Å². The summed E-state index contributed by atoms with van der Waals surface area (Å²) < 4.78 is 39.1. The Morgan fingerprint density at radius 1 is 0.968 bits per heavy atom. The van der Waals surface area contributed by atoms with Crippen molar-refractivity contribution in [3.05, 3.63) is 77.4 Å². The van der Waals surface area contributed by atoms with Crippen molar-refractivity contribution in [1.82, 2.24) is 5.01 Å². The Morgan fingerprint density at radius 2 is 1.71 bits per heavy atom. The van der Waals surface area contributed by atoms with Crippen LogP contribution < -0.4 is 5.01 Å². The normalized spacial score (nSPS) is 14.5. The van der Waals surface area contributed by atoms with E-state index in [9.17, 15) is 23.2 Å². The van der Waals surface area contributed by atoms with Crippen LogP contribution in [-0.4, -0.2) is 24.0 Å². The molecular weight excluding hydrogens is 403 g/mol. The van der Waals surface area contributed by atoms with Gasteiger partial charge in [0.2, 0.25) is 5.91 Å². The van der Waals surface area contributed by atoms with Gasteiger partial charge in [0.1, 0.15) is 0 Å². The van der Waals surface area contributed by atoms with Gasteiger partial charge in [0.25, 0.3) is 0 Å². The van der Waals surface area contributed by atoms with Gasteiger partial charge in [-0.1, -0.05) is 42.5 Å². The van der Waals surface area contributed by atoms with E-state index in [0.717, 1.165) is 41.4 Å². The molecule has 0 radical (unpaired) electrons. The fourth-order valence-electron chi connectivity index (χ4n) is 4.00. The molecule has 0 unspecified atom stereocenters. The lowest BCUT2D eigenvalue weighted by molar-refractivity contribution is -0.138. The maximum Gasteiger partial charge on any atom is 0.416 e. The summed E-state index contributed by atoms with van der Waals surface area (Å²) in [5.74, 6) is -0.257. The molecule has 0 aromatic heterocycles. The van der Waals surface area contributed by atoms with E-state index in [1.807, 2.05) is 35.3 Å². The third kappa shape index (κ3) is 4.19. The first kappa shape index (κ1) is 20.7. The van der Waals surface area contributed by atoms with Gasteiger partial charge in [0.05, 0.1) is 29.3 Å². The van der Waals surface area contributed by atoms with Crippen LogP contribution in [0.2, 0.25) is 0 Å². The maximum atomic E-state index is 13.1. The van der Waals surface area contributed by atoms with Gasteiger partial charge >= 0.3 is 6.18 Å². The van der Waals surface area contributed by atoms with Gasteiger partial charge in [-0.25, -0.2) is 0 Å². The molecule has 0 spiro atoms. The number of rotatable bonds is 3. The predicted molar refractivity (Wildman–Crippen MR) is 112 cm³/mol. The number of fused-ring (bicyclic) bond motifs is 1. The largest absolute Gasteiger partial charge is 0.416 e. The monoisotopic (exact) mass is 423 g/mol. The number of nitriles is 1. The van der Waals surface area contributed by atoms with E-state index in [1.165, 1.54) is 6.07 Å². The third-order valence-corrected chi connectivity index (χ3v) is 5.48. The zero-order valence-corrected chi connectivity index (χ0v) is 16.7. The topological polar surface area (TPSA) is 47.3 Å². The van der Waals surface area contributed by atoms with Crippen LogP contribution in [0.15, 0.2) is 60.7 Å². The van der Waals surface area contributed by atoms with Gasteiger partial charge in [-0.15, -0.1) is 0 Å². The molecule has 3 aromatic carbocycles. The van der Waals surface area contributed by atoms with Crippen LogP contribution in [0.5, 0.6) is 0 Å². The molecule has 0 bridgehead atoms. The molecule has 1 amide bonds. The van der Waals surface area contributed by atoms with Crippen molar-refractivity contribution in [1.29, 1.82) is 5.26 Å². The van der Waals surface area contributed by atoms with E-state index in [1.54, 1.807) is 17.1 Å². The molecule has 0 saturated carbocycles. The SMILES string of the molecule is N#Cc1ccc(N2CCCCN2C(=O)Cc2cccc(C(F)(F)F)c2)c2ccccc12. The number of benzene rings is 3. The van der Waals surface area contributed by atoms with E-state index in [2.05, 4.69) is 6.07 Å². The molecule has 31 heavy (non-hydrogen) atoms. The Bertz CT molecular complexity index is 1170. The highest BCUT2D eigenvalue weighted by Crippen LogP contribution is 2.33. The molecule has 4 nitrogen and oxygen atoms in total. The van der Waals surface area contributed by atoms with E-state index < -0.39 is 11.7 Å². The lowest BCUT2D eigenvalue weighted by atomic mass is 10.0. The van der Waals surface area contributed by atoms with Gasteiger partial charge in [0, 0.05) is 23.9 Å². The highest BCUT2D eigenvalue weighted by molar-refractivity contribution is 5.98. The summed E-state index contributed by atoms with van der Waals surface area (Å²) in [7, 11) is 0. The lowest BCUT2D eigenvalue weighted by Gasteiger charge is -2.41. The molecule has 158 valence electrons. The van der Waals surface area contributed by atoms with Gasteiger partial charge in [-0.2, -0.15) is 18.4 Å². The first-order valence-electron chi connectivity index (χ1n) is 10.0. The second kappa shape index (κ2) is 8.31. The highest BCUT2D eigenvalue weighted by Gasteiger charge is 2.31. The second-order valence-corrected chi connectivity index (χ2v) is 7.51. The van der Waals surface area contributed by atoms with Gasteiger partial charge in [-0.05, 0) is 36.6 Å². The summed E-state index contributed by atoms with van der Waals surface area (Å²) in [5, 5.41) is 14.6. The average molecular weight is 423 g/mol. The van der Waals surface area contributed by atoms with Crippen LogP contribution in [0.4, 0.5) is 18.9 Å². The van der Waals surface area contributed by atoms with Crippen LogP contribution in [0, 0.1) is 11.3 Å². The molecule has 1 saturated heterocycles. The molecule has 1 aliphatic heterocycles. The molecule has 4 rings (SSSR count). The molecule has 0 N–H and O–H groups in total. The van der Waals surface area contributed by atoms with Crippen molar-refractivity contribution >= 4 is 22.4 Å². The number of nitrogens with zero attached hydrogens (tertiary/aromatic N) is 3. The van der Waals surface area contributed by atoms with Crippen molar-refractivity contribution in [3.8, 4) is 6.07 Å². The summed E-state index contributed by atoms with van der Waals surface area (Å²) in [4.78, 5) is 13.1. The molecule has 0 aliphatic carbocycles. The number of carbonyl (C=O) groups excluding carboxylic acids is 1. The van der Waals surface area contributed by atoms with Crippen LogP contribution in [0.3, 0.4) is 0 Å². The van der Waals surface area contributed by atoms with E-state index in [-0.39, 0.29) is 12.3 Å². The van der Waals surface area contributed by atoms with Crippen molar-refractivity contribution in [2.24, 2.45) is 0 Å². The number of hydrogen-bond donors (Lipinski definition) is 0. The minimum atomic E-state index is -4.45. The van der Waals surface area contributed by atoms with Crippen molar-refractivity contribution in [2.75, 3.05) is 18.1 Å². The smallest absolute Gasteiger partial charge is 0.282 e. The zero-order valence-electron chi connectivity index (χ0n) is 16.7. The number of amides is 1. The molecule has 1 heterocycles. The van der Waals surface area contributed by atoms with Crippen LogP contribution in [0.1, 0.15) is 29.5 Å². The Balaban J connectivity index is 1.66. The Kier molecular flexibility index (Phi) is 5.55. The highest BCUT2D eigenvalue weighted by atomic mass is 19.4. The summed E-state index contributed by atoms with van der Waals surface area (Å²) in [6, 6.07) is 18.2. The lowest BCUT2D eigenvalue weighted by Crippen LogP contribution is -2.51. The van der Waals surface area contributed by atoms with Crippen molar-refractivity contribution in [3.63, 3.8) is 0 Å². The van der Waals surface area contributed by atoms with Crippen molar-refractivity contribution < 1.29 is 18.0 Å². The van der Waals surface area contributed by atoms with Crippen LogP contribution in [0.25, 0.3) is 10.8 Å². The molecule has 1 aliphatic rings. The first-order chi connectivity index (χ1) is 14.9. The molecule has 1 fully saturated rings. The third-order valence-electron chi connectivity index (χ3n) is 5.48. The molecule has 7 heteroatoms. The quantitative estimate of drug-likeness (QED) is 0.573. The van der Waals surface area contributed by atoms with Crippen molar-refractivity contribution in [2.45, 2.75) is 25.4 Å². The standard InChI is InChI=1S/C24H20F3N3O/c25-24(26,27)19-7-5-6-17(14-19)15-23(31)30-13-4-3-12-29(30)22-11-10-18(16-28)20-8-1-2-9-21(20)22/h1-2,5-11,14H,3-4,12-13,15H2. The minimum absolute atomic E-state index is 0.116. The maximum absolute atomic E-state index is 13.1. The zero-order chi connectivity index (χ0) is 22.0. The van der Waals surface area contributed by atoms with Gasteiger partial charge < -0.3 is 0 Å². The number of hydrogen-bond acceptors (Lipinski definition) is 3. The van der Waals surface area contributed by atoms with Crippen LogP contribution in [-0.2, 0) is 17.4 Å². The van der Waals surface area contributed by atoms with E-state index >= 15 is 0 Å². The number of carbonyl (C=O) groups is 1. The number of halogens is 3. The molecule has 3 aromatic rings.